The molecule has 0 aromatic rings. The molecule has 2 N–H and O–H groups in total. The van der Waals surface area contributed by atoms with Crippen molar-refractivity contribution in [3.63, 3.8) is 0 Å². The number of aliphatic hydroxyl groups excluding tert-OH is 1. The van der Waals surface area contributed by atoms with Gasteiger partial charge in [0.15, 0.2) is 0 Å². The van der Waals surface area contributed by atoms with E-state index in [9.17, 15) is 9.90 Å². The maximum atomic E-state index is 11.9. The number of rotatable bonds is 3. The lowest BCUT2D eigenvalue weighted by molar-refractivity contribution is -0.133. The Kier molecular flexibility index (Phi) is 5.05. The highest BCUT2D eigenvalue weighted by Gasteiger charge is 2.22. The molecule has 1 heterocycles. The van der Waals surface area contributed by atoms with Gasteiger partial charge < -0.3 is 15.3 Å². The number of hydrogen-bond acceptors (Lipinski definition) is 3. The van der Waals surface area contributed by atoms with Gasteiger partial charge in [0.05, 0.1) is 12.1 Å². The Morgan fingerprint density at radius 1 is 1.53 bits per heavy atom. The van der Waals surface area contributed by atoms with E-state index in [4.69, 9.17) is 0 Å². The molecule has 1 aliphatic rings. The second kappa shape index (κ2) is 6.08. The van der Waals surface area contributed by atoms with Gasteiger partial charge >= 0.3 is 0 Å². The van der Waals surface area contributed by atoms with Gasteiger partial charge in [0.2, 0.25) is 5.91 Å². The van der Waals surface area contributed by atoms with Gasteiger partial charge in [-0.15, -0.1) is 0 Å². The molecule has 1 saturated heterocycles. The Morgan fingerprint density at radius 3 is 2.93 bits per heavy atom. The van der Waals surface area contributed by atoms with E-state index in [1.807, 2.05) is 0 Å². The Hall–Kier alpha value is -0.610. The summed E-state index contributed by atoms with van der Waals surface area (Å²) in [6.45, 7) is 3.04. The van der Waals surface area contributed by atoms with Crippen LogP contribution in [0, 0.1) is 0 Å². The van der Waals surface area contributed by atoms with E-state index in [2.05, 4.69) is 5.32 Å². The lowest BCUT2D eigenvalue weighted by atomic mass is 10.1. The van der Waals surface area contributed by atoms with Crippen LogP contribution in [0.25, 0.3) is 0 Å². The zero-order valence-electron chi connectivity index (χ0n) is 9.70. The monoisotopic (exact) mass is 214 g/mol. The SMILES string of the molecule is CC(O)CN(C)C(=O)C1CCCCCN1. The number of amides is 1. The fourth-order valence-corrected chi connectivity index (χ4v) is 1.99. The van der Waals surface area contributed by atoms with E-state index in [0.29, 0.717) is 6.54 Å². The molecule has 4 nitrogen and oxygen atoms in total. The average molecular weight is 214 g/mol. The van der Waals surface area contributed by atoms with Crippen molar-refractivity contribution in [3.8, 4) is 0 Å². The number of nitrogens with one attached hydrogen (secondary N) is 1. The number of nitrogens with zero attached hydrogens (tertiary/aromatic N) is 1. The molecular weight excluding hydrogens is 192 g/mol. The first-order valence-electron chi connectivity index (χ1n) is 5.77. The fraction of sp³-hybridized carbons (Fsp3) is 0.909. The summed E-state index contributed by atoms with van der Waals surface area (Å²) in [5, 5.41) is 12.5. The quantitative estimate of drug-likeness (QED) is 0.713. The smallest absolute Gasteiger partial charge is 0.239 e. The van der Waals surface area contributed by atoms with Crippen LogP contribution in [-0.2, 0) is 4.79 Å². The summed E-state index contributed by atoms with van der Waals surface area (Å²) >= 11 is 0. The molecule has 0 bridgehead atoms. The highest BCUT2D eigenvalue weighted by Crippen LogP contribution is 2.10. The maximum absolute atomic E-state index is 11.9. The molecular formula is C11H22N2O2. The highest BCUT2D eigenvalue weighted by atomic mass is 16.3. The first-order valence-corrected chi connectivity index (χ1v) is 5.77. The predicted molar refractivity (Wildman–Crippen MR) is 59.6 cm³/mol. The van der Waals surface area contributed by atoms with Gasteiger partial charge in [-0.25, -0.2) is 0 Å². The Labute approximate surface area is 91.6 Å². The highest BCUT2D eigenvalue weighted by molar-refractivity contribution is 5.81. The van der Waals surface area contributed by atoms with Gasteiger partial charge in [-0.05, 0) is 26.3 Å². The van der Waals surface area contributed by atoms with Crippen molar-refractivity contribution in [2.24, 2.45) is 0 Å². The van der Waals surface area contributed by atoms with Crippen molar-refractivity contribution in [2.45, 2.75) is 44.8 Å². The predicted octanol–water partition coefficient (Wildman–Crippen LogP) is 0.358. The largest absolute Gasteiger partial charge is 0.392 e. The summed E-state index contributed by atoms with van der Waals surface area (Å²) in [5.74, 6) is 0.109. The van der Waals surface area contributed by atoms with Crippen LogP contribution in [0.4, 0.5) is 0 Å². The third kappa shape index (κ3) is 4.18. The molecule has 0 aliphatic carbocycles. The first kappa shape index (κ1) is 12.5. The van der Waals surface area contributed by atoms with E-state index in [0.717, 1.165) is 25.8 Å². The first-order chi connectivity index (χ1) is 7.11. The zero-order chi connectivity index (χ0) is 11.3. The molecule has 0 saturated carbocycles. The lowest BCUT2D eigenvalue weighted by Crippen LogP contribution is -2.46. The van der Waals surface area contributed by atoms with Crippen LogP contribution in [-0.4, -0.2) is 48.2 Å². The minimum Gasteiger partial charge on any atom is -0.392 e. The molecule has 4 heteroatoms. The molecule has 1 fully saturated rings. The molecule has 1 aliphatic heterocycles. The topological polar surface area (TPSA) is 52.6 Å². The van der Waals surface area contributed by atoms with E-state index >= 15 is 0 Å². The minimum absolute atomic E-state index is 0.0451. The van der Waals surface area contributed by atoms with Crippen LogP contribution in [0.5, 0.6) is 0 Å². The van der Waals surface area contributed by atoms with Crippen molar-refractivity contribution in [1.29, 1.82) is 0 Å². The summed E-state index contributed by atoms with van der Waals surface area (Å²) in [6, 6.07) is -0.0451. The third-order valence-electron chi connectivity index (χ3n) is 2.77. The van der Waals surface area contributed by atoms with Gasteiger partial charge in [-0.1, -0.05) is 12.8 Å². The average Bonchev–Trinajstić information content (AvgIpc) is 2.43. The van der Waals surface area contributed by atoms with E-state index in [1.165, 1.54) is 6.42 Å². The van der Waals surface area contributed by atoms with E-state index < -0.39 is 6.10 Å². The number of aliphatic hydroxyl groups is 1. The Bertz CT molecular complexity index is 199. The van der Waals surface area contributed by atoms with Gasteiger partial charge in [0.1, 0.15) is 0 Å². The fourth-order valence-electron chi connectivity index (χ4n) is 1.99. The standard InChI is InChI=1S/C11H22N2O2/c1-9(14)8-13(2)11(15)10-6-4-3-5-7-12-10/h9-10,12,14H,3-8H2,1-2H3. The van der Waals surface area contributed by atoms with Crippen molar-refractivity contribution in [1.82, 2.24) is 10.2 Å². The van der Waals surface area contributed by atoms with Crippen molar-refractivity contribution >= 4 is 5.91 Å². The van der Waals surface area contributed by atoms with Gasteiger partial charge in [0.25, 0.3) is 0 Å². The van der Waals surface area contributed by atoms with Crippen molar-refractivity contribution in [2.75, 3.05) is 20.1 Å². The van der Waals surface area contributed by atoms with Crippen LogP contribution in [0.15, 0.2) is 0 Å². The minimum atomic E-state index is -0.454. The number of carbonyl (C=O) groups excluding carboxylic acids is 1. The molecule has 0 aromatic heterocycles. The lowest BCUT2D eigenvalue weighted by Gasteiger charge is -2.24. The number of carbonyl (C=O) groups is 1. The summed E-state index contributed by atoms with van der Waals surface area (Å²) in [7, 11) is 1.75. The van der Waals surface area contributed by atoms with Crippen molar-refractivity contribution in [3.05, 3.63) is 0 Å². The Morgan fingerprint density at radius 2 is 2.27 bits per heavy atom. The second-order valence-electron chi connectivity index (χ2n) is 4.42. The summed E-state index contributed by atoms with van der Waals surface area (Å²) in [4.78, 5) is 13.6. The van der Waals surface area contributed by atoms with Crippen LogP contribution in [0.2, 0.25) is 0 Å². The molecule has 2 atom stereocenters. The molecule has 1 amide bonds. The number of hydrogen-bond donors (Lipinski definition) is 2. The van der Waals surface area contributed by atoms with Gasteiger partial charge in [-0.2, -0.15) is 0 Å². The van der Waals surface area contributed by atoms with E-state index in [-0.39, 0.29) is 11.9 Å². The van der Waals surface area contributed by atoms with Gasteiger partial charge in [-0.3, -0.25) is 4.79 Å². The van der Waals surface area contributed by atoms with Crippen LogP contribution < -0.4 is 5.32 Å². The molecule has 15 heavy (non-hydrogen) atoms. The van der Waals surface area contributed by atoms with Crippen LogP contribution >= 0.6 is 0 Å². The van der Waals surface area contributed by atoms with E-state index in [1.54, 1.807) is 18.9 Å². The molecule has 1 rings (SSSR count). The van der Waals surface area contributed by atoms with Crippen LogP contribution in [0.1, 0.15) is 32.6 Å². The van der Waals surface area contributed by atoms with Crippen LogP contribution in [0.3, 0.4) is 0 Å². The second-order valence-corrected chi connectivity index (χ2v) is 4.42. The molecule has 0 spiro atoms. The normalized spacial score (nSPS) is 24.3. The zero-order valence-corrected chi connectivity index (χ0v) is 9.70. The summed E-state index contributed by atoms with van der Waals surface area (Å²) in [6.07, 6.45) is 3.94. The van der Waals surface area contributed by atoms with Crippen molar-refractivity contribution < 1.29 is 9.90 Å². The third-order valence-corrected chi connectivity index (χ3v) is 2.77. The van der Waals surface area contributed by atoms with Gasteiger partial charge in [0, 0.05) is 13.6 Å². The summed E-state index contributed by atoms with van der Waals surface area (Å²) in [5.41, 5.74) is 0. The number of likely N-dealkylation sites (N-methyl/N-ethyl adjacent to an activating group) is 1. The molecule has 2 unspecified atom stereocenters. The molecule has 0 radical (unpaired) electrons. The molecule has 0 aromatic carbocycles. The Balaban J connectivity index is 2.42. The maximum Gasteiger partial charge on any atom is 0.239 e. The summed E-state index contributed by atoms with van der Waals surface area (Å²) < 4.78 is 0. The molecule has 88 valence electrons.